The van der Waals surface area contributed by atoms with E-state index in [1.165, 1.54) is 154 Å². The van der Waals surface area contributed by atoms with Crippen molar-refractivity contribution in [1.82, 2.24) is 0 Å². The molecule has 3 heteroatoms. The van der Waals surface area contributed by atoms with E-state index in [1.54, 1.807) is 0 Å². The number of nitrogens with zero attached hydrogens (tertiary/aromatic N) is 2. The van der Waals surface area contributed by atoms with Gasteiger partial charge in [0.2, 0.25) is 0 Å². The highest BCUT2D eigenvalue weighted by atomic mass is 15.2. The zero-order valence-corrected chi connectivity index (χ0v) is 36.6. The van der Waals surface area contributed by atoms with Crippen LogP contribution in [0.25, 0.3) is 11.1 Å². The largest absolute Gasteiger partial charge is 0.311 e. The van der Waals surface area contributed by atoms with Crippen molar-refractivity contribution in [1.29, 1.82) is 0 Å². The van der Waals surface area contributed by atoms with Gasteiger partial charge in [0.1, 0.15) is 0 Å². The molecule has 0 N–H and O–H groups in total. The minimum Gasteiger partial charge on any atom is -0.311 e. The topological polar surface area (TPSA) is 6.48 Å². The molecule has 0 saturated carbocycles. The lowest BCUT2D eigenvalue weighted by Crippen LogP contribution is -2.61. The summed E-state index contributed by atoms with van der Waals surface area (Å²) in [6.07, 6.45) is 17.6. The lowest BCUT2D eigenvalue weighted by molar-refractivity contribution is 0.795. The highest BCUT2D eigenvalue weighted by Crippen LogP contribution is 2.47. The third-order valence-electron chi connectivity index (χ3n) is 13.0. The van der Waals surface area contributed by atoms with Crippen LogP contribution in [0.3, 0.4) is 0 Å². The molecule has 0 bridgehead atoms. The maximum atomic E-state index is 2.64. The van der Waals surface area contributed by atoms with Gasteiger partial charge in [-0.05, 0) is 163 Å². The van der Waals surface area contributed by atoms with Crippen molar-refractivity contribution in [3.8, 4) is 11.1 Å². The summed E-state index contributed by atoms with van der Waals surface area (Å²) >= 11 is 0. The van der Waals surface area contributed by atoms with E-state index < -0.39 is 0 Å². The van der Waals surface area contributed by atoms with Crippen LogP contribution in [0.15, 0.2) is 121 Å². The number of unbranched alkanes of at least 4 members (excludes halogenated alkanes) is 5. The van der Waals surface area contributed by atoms with Crippen molar-refractivity contribution in [2.75, 3.05) is 9.80 Å². The molecule has 0 spiro atoms. The summed E-state index contributed by atoms with van der Waals surface area (Å²) < 4.78 is 0. The van der Waals surface area contributed by atoms with Crippen LogP contribution in [-0.4, -0.2) is 6.71 Å². The predicted molar refractivity (Wildman–Crippen MR) is 259 cm³/mol. The molecule has 0 aliphatic carbocycles. The molecule has 2 nitrogen and oxygen atoms in total. The molecule has 2 aliphatic heterocycles. The van der Waals surface area contributed by atoms with Gasteiger partial charge < -0.3 is 9.80 Å². The highest BCUT2D eigenvalue weighted by Gasteiger charge is 2.43. The number of hydrogen-bond acceptors (Lipinski definition) is 2. The molecular formula is C56H65BN2. The molecule has 2 aliphatic rings. The second-order valence-electron chi connectivity index (χ2n) is 17.3. The molecule has 8 rings (SSSR count). The van der Waals surface area contributed by atoms with Gasteiger partial charge in [-0.25, -0.2) is 0 Å². The van der Waals surface area contributed by atoms with E-state index in [1.807, 2.05) is 0 Å². The Hall–Kier alpha value is -5.02. The number of rotatable bonds is 18. The van der Waals surface area contributed by atoms with Crippen molar-refractivity contribution < 1.29 is 0 Å². The number of benzene rings is 6. The van der Waals surface area contributed by atoms with Gasteiger partial charge in [-0.2, -0.15) is 0 Å². The van der Waals surface area contributed by atoms with Crippen molar-refractivity contribution in [3.63, 3.8) is 0 Å². The molecule has 2 heterocycles. The van der Waals surface area contributed by atoms with Crippen LogP contribution in [0.2, 0.25) is 0 Å². The summed E-state index contributed by atoms with van der Waals surface area (Å²) in [5.41, 5.74) is 21.7. The highest BCUT2D eigenvalue weighted by molar-refractivity contribution is 7.00. The Bertz CT molecular complexity index is 2340. The molecule has 6 aromatic rings. The van der Waals surface area contributed by atoms with Gasteiger partial charge >= 0.3 is 0 Å². The van der Waals surface area contributed by atoms with E-state index in [4.69, 9.17) is 0 Å². The molecule has 0 aromatic heterocycles. The second kappa shape index (κ2) is 18.9. The first kappa shape index (κ1) is 40.8. The zero-order chi connectivity index (χ0) is 40.7. The van der Waals surface area contributed by atoms with Gasteiger partial charge in [-0.1, -0.05) is 140 Å². The normalized spacial score (nSPS) is 12.7. The quantitative estimate of drug-likeness (QED) is 0.0801. The minimum atomic E-state index is 0.135. The van der Waals surface area contributed by atoms with Gasteiger partial charge in [0.25, 0.3) is 6.71 Å². The lowest BCUT2D eigenvalue weighted by Gasteiger charge is -2.44. The monoisotopic (exact) mass is 777 g/mol. The van der Waals surface area contributed by atoms with Crippen molar-refractivity contribution in [2.45, 2.75) is 131 Å². The van der Waals surface area contributed by atoms with Crippen LogP contribution >= 0.6 is 0 Å². The Balaban J connectivity index is 1.37. The molecule has 0 saturated heterocycles. The first-order chi connectivity index (χ1) is 29.1. The zero-order valence-electron chi connectivity index (χ0n) is 36.6. The molecule has 0 amide bonds. The van der Waals surface area contributed by atoms with E-state index in [9.17, 15) is 0 Å². The molecule has 0 radical (unpaired) electrons. The number of anilines is 6. The number of fused-ring (bicyclic) bond motifs is 4. The van der Waals surface area contributed by atoms with E-state index >= 15 is 0 Å². The molecule has 302 valence electrons. The summed E-state index contributed by atoms with van der Waals surface area (Å²) in [4.78, 5) is 5.21. The van der Waals surface area contributed by atoms with Crippen molar-refractivity contribution in [2.24, 2.45) is 0 Å². The predicted octanol–water partition coefficient (Wildman–Crippen LogP) is 14.1. The minimum absolute atomic E-state index is 0.135. The fourth-order valence-corrected chi connectivity index (χ4v) is 9.62. The molecule has 0 unspecified atom stereocenters. The van der Waals surface area contributed by atoms with Crippen LogP contribution in [0.4, 0.5) is 34.1 Å². The van der Waals surface area contributed by atoms with Crippen molar-refractivity contribution in [3.05, 3.63) is 149 Å². The van der Waals surface area contributed by atoms with E-state index in [-0.39, 0.29) is 6.71 Å². The molecule has 6 aromatic carbocycles. The summed E-state index contributed by atoms with van der Waals surface area (Å²) in [5, 5.41) is 0. The summed E-state index contributed by atoms with van der Waals surface area (Å²) in [7, 11) is 0. The number of aryl methyl sites for hydroxylation is 5. The molecule has 0 atom stereocenters. The summed E-state index contributed by atoms with van der Waals surface area (Å²) in [6, 6.07) is 48.3. The van der Waals surface area contributed by atoms with Crippen LogP contribution < -0.4 is 26.2 Å². The molecular weight excluding hydrogens is 711 g/mol. The fraction of sp³-hybridized carbons (Fsp3) is 0.357. The van der Waals surface area contributed by atoms with Crippen LogP contribution in [-0.2, 0) is 32.1 Å². The van der Waals surface area contributed by atoms with Gasteiger partial charge in [-0.3, -0.25) is 0 Å². The fourth-order valence-electron chi connectivity index (χ4n) is 9.62. The summed E-state index contributed by atoms with van der Waals surface area (Å²) in [5.74, 6) is 0. The second-order valence-corrected chi connectivity index (χ2v) is 17.3. The van der Waals surface area contributed by atoms with E-state index in [2.05, 4.69) is 166 Å². The van der Waals surface area contributed by atoms with Crippen LogP contribution in [0.1, 0.15) is 127 Å². The first-order valence-corrected chi connectivity index (χ1v) is 23.4. The Morgan fingerprint density at radius 1 is 0.373 bits per heavy atom. The SMILES string of the molecule is CCCCc1ccc(-c2cc(CCCC)ccc2N2c3ccc(CCCC)cc3B3c4cc(CCCC)ccc4N(c4ccc(CCCC)cc4)c4cccc2c43)cc1. The molecule has 59 heavy (non-hydrogen) atoms. The number of hydrogen-bond donors (Lipinski definition) is 0. The van der Waals surface area contributed by atoms with Gasteiger partial charge in [-0.15, -0.1) is 0 Å². The Labute approximate surface area is 356 Å². The Kier molecular flexibility index (Phi) is 13.1. The van der Waals surface area contributed by atoms with Gasteiger partial charge in [0.05, 0.1) is 5.69 Å². The Morgan fingerprint density at radius 3 is 1.29 bits per heavy atom. The first-order valence-electron chi connectivity index (χ1n) is 23.4. The third kappa shape index (κ3) is 8.41. The van der Waals surface area contributed by atoms with Crippen molar-refractivity contribution >= 4 is 57.2 Å². The van der Waals surface area contributed by atoms with E-state index in [0.29, 0.717) is 0 Å². The third-order valence-corrected chi connectivity index (χ3v) is 13.0. The van der Waals surface area contributed by atoms with E-state index in [0.717, 1.165) is 32.1 Å². The standard InChI is InChI=1S/C56H65BN2/c1-6-11-17-41-24-31-46(32-25-41)48-38-43(19-13-8-3)28-35-51(48)59-53-37-30-45(21-15-10-5)40-50(53)57-49-39-44(20-14-9-4)29-36-52(49)58(54-22-16-23-55(59)56(54)57)47-33-26-42(27-34-47)18-12-7-2/h16,22-40H,6-15,17-21H2,1-5H3. The van der Waals surface area contributed by atoms with Crippen LogP contribution in [0, 0.1) is 0 Å². The van der Waals surface area contributed by atoms with Gasteiger partial charge in [0.15, 0.2) is 0 Å². The smallest absolute Gasteiger partial charge is 0.252 e. The molecule has 0 fully saturated rings. The average Bonchev–Trinajstić information content (AvgIpc) is 3.28. The lowest BCUT2D eigenvalue weighted by atomic mass is 9.33. The van der Waals surface area contributed by atoms with Crippen LogP contribution in [0.5, 0.6) is 0 Å². The average molecular weight is 777 g/mol. The van der Waals surface area contributed by atoms with Gasteiger partial charge in [0, 0.05) is 34.0 Å². The maximum Gasteiger partial charge on any atom is 0.252 e. The Morgan fingerprint density at radius 2 is 0.780 bits per heavy atom. The maximum absolute atomic E-state index is 2.64. The summed E-state index contributed by atoms with van der Waals surface area (Å²) in [6.45, 7) is 11.6.